The van der Waals surface area contributed by atoms with Crippen molar-refractivity contribution in [2.24, 2.45) is 5.92 Å². The average Bonchev–Trinajstić information content (AvgIpc) is 2.79. The van der Waals surface area contributed by atoms with E-state index in [1.165, 1.54) is 45.4 Å². The van der Waals surface area contributed by atoms with Crippen molar-refractivity contribution in [3.8, 4) is 0 Å². The molecular weight excluding hydrogens is 422 g/mol. The Bertz CT molecular complexity index is 1030. The van der Waals surface area contributed by atoms with Crippen LogP contribution >= 0.6 is 0 Å². The maximum atomic E-state index is 4.40. The van der Waals surface area contributed by atoms with Crippen LogP contribution in [0.3, 0.4) is 0 Å². The lowest BCUT2D eigenvalue weighted by Crippen LogP contribution is -2.23. The van der Waals surface area contributed by atoms with E-state index in [0.717, 1.165) is 25.0 Å². The van der Waals surface area contributed by atoms with Crippen LogP contribution in [0, 0.1) is 19.8 Å². The first-order valence-corrected chi connectivity index (χ1v) is 13.2. The fraction of sp³-hybridized carbons (Fsp3) is 0.412. The summed E-state index contributed by atoms with van der Waals surface area (Å²) in [6, 6.07) is 16.2. The highest BCUT2D eigenvalue weighted by Gasteiger charge is 2.16. The highest BCUT2D eigenvalue weighted by Crippen LogP contribution is 2.28. The van der Waals surface area contributed by atoms with Crippen LogP contribution in [-0.2, 0) is 6.42 Å². The van der Waals surface area contributed by atoms with Crippen molar-refractivity contribution in [2.45, 2.75) is 86.1 Å². The van der Waals surface area contributed by atoms with Crippen LogP contribution in [0.1, 0.15) is 93.7 Å². The van der Waals surface area contributed by atoms with E-state index in [2.05, 4.69) is 115 Å². The van der Waals surface area contributed by atoms with Gasteiger partial charge < -0.3 is 5.32 Å². The summed E-state index contributed by atoms with van der Waals surface area (Å²) in [4.78, 5) is 0. The molecule has 2 aromatic carbocycles. The van der Waals surface area contributed by atoms with E-state index >= 15 is 0 Å². The summed E-state index contributed by atoms with van der Waals surface area (Å²) >= 11 is 0. The number of hydrogen-bond donors (Lipinski definition) is 1. The van der Waals surface area contributed by atoms with Gasteiger partial charge >= 0.3 is 0 Å². The topological polar surface area (TPSA) is 12.0 Å². The van der Waals surface area contributed by atoms with Gasteiger partial charge in [0.1, 0.15) is 0 Å². The summed E-state index contributed by atoms with van der Waals surface area (Å²) < 4.78 is 0. The van der Waals surface area contributed by atoms with Gasteiger partial charge in [-0.15, -0.1) is 0 Å². The molecular formula is C34H47N. The average molecular weight is 470 g/mol. The molecule has 0 radical (unpaired) electrons. The number of hydrogen-bond acceptors (Lipinski definition) is 1. The Labute approximate surface area is 215 Å². The standard InChI is InChI=1S/C34H47N/c1-10-11-12-32(25(4)5)22-27(7)31-17-15-30(16-18-31)23-29(9)35-34(20-13-24(2)3)33-19-14-26(6)21-28(33)8/h10-12,14-19,21,24,27,34-35H,1,9,13,20,22-23H2,2-8H3/b12-11-. The first kappa shape index (κ1) is 28.4. The predicted molar refractivity (Wildman–Crippen MR) is 156 cm³/mol. The smallest absolute Gasteiger partial charge is 0.0513 e. The Morgan fingerprint density at radius 3 is 2.23 bits per heavy atom. The van der Waals surface area contributed by atoms with Gasteiger partial charge in [-0.05, 0) is 86.6 Å². The minimum atomic E-state index is 0.302. The third-order valence-electron chi connectivity index (χ3n) is 6.78. The molecule has 0 spiro atoms. The van der Waals surface area contributed by atoms with Gasteiger partial charge in [-0.1, -0.05) is 106 Å². The molecule has 35 heavy (non-hydrogen) atoms. The van der Waals surface area contributed by atoms with E-state index in [1.54, 1.807) is 0 Å². The minimum absolute atomic E-state index is 0.302. The molecule has 0 aliphatic heterocycles. The molecule has 1 heteroatoms. The van der Waals surface area contributed by atoms with Gasteiger partial charge in [-0.2, -0.15) is 0 Å². The Kier molecular flexibility index (Phi) is 11.3. The van der Waals surface area contributed by atoms with E-state index < -0.39 is 0 Å². The van der Waals surface area contributed by atoms with Crippen molar-refractivity contribution in [2.75, 3.05) is 0 Å². The first-order chi connectivity index (χ1) is 16.6. The summed E-state index contributed by atoms with van der Waals surface area (Å²) in [6.07, 6.45) is 10.3. The molecule has 0 aliphatic carbocycles. The largest absolute Gasteiger partial charge is 0.382 e. The van der Waals surface area contributed by atoms with Crippen molar-refractivity contribution < 1.29 is 0 Å². The maximum absolute atomic E-state index is 4.40. The SMILES string of the molecule is C=C/C=C\C(CC(C)c1ccc(CC(=C)NC(CCC(C)C)c2ccc(C)cc2C)cc1)=C(C)C. The van der Waals surface area contributed by atoms with Crippen LogP contribution in [0.5, 0.6) is 0 Å². The highest BCUT2D eigenvalue weighted by atomic mass is 14.9. The third-order valence-corrected chi connectivity index (χ3v) is 6.78. The van der Waals surface area contributed by atoms with Gasteiger partial charge in [0.2, 0.25) is 0 Å². The molecule has 2 unspecified atom stereocenters. The number of benzene rings is 2. The molecule has 1 nitrogen and oxygen atoms in total. The zero-order valence-electron chi connectivity index (χ0n) is 23.2. The molecule has 0 aromatic heterocycles. The van der Waals surface area contributed by atoms with Crippen molar-refractivity contribution in [1.82, 2.24) is 5.32 Å². The maximum Gasteiger partial charge on any atom is 0.0513 e. The summed E-state index contributed by atoms with van der Waals surface area (Å²) in [7, 11) is 0. The molecule has 0 bridgehead atoms. The van der Waals surface area contributed by atoms with Crippen molar-refractivity contribution in [1.29, 1.82) is 0 Å². The fourth-order valence-corrected chi connectivity index (χ4v) is 4.60. The molecule has 0 saturated heterocycles. The lowest BCUT2D eigenvalue weighted by Gasteiger charge is -2.25. The molecule has 0 amide bonds. The zero-order chi connectivity index (χ0) is 26.0. The molecule has 0 heterocycles. The zero-order valence-corrected chi connectivity index (χ0v) is 23.2. The normalized spacial score (nSPS) is 13.0. The van der Waals surface area contributed by atoms with Gasteiger partial charge in [-0.25, -0.2) is 0 Å². The molecule has 0 aliphatic rings. The summed E-state index contributed by atoms with van der Waals surface area (Å²) in [5.74, 6) is 1.15. The molecule has 2 atom stereocenters. The molecule has 2 aromatic rings. The van der Waals surface area contributed by atoms with Crippen LogP contribution in [0.2, 0.25) is 0 Å². The Hall–Kier alpha value is -2.80. The number of rotatable bonds is 13. The van der Waals surface area contributed by atoms with E-state index in [9.17, 15) is 0 Å². The molecule has 188 valence electrons. The number of aryl methyl sites for hydroxylation is 2. The lowest BCUT2D eigenvalue weighted by atomic mass is 9.90. The van der Waals surface area contributed by atoms with Gasteiger partial charge in [0.25, 0.3) is 0 Å². The van der Waals surface area contributed by atoms with Gasteiger partial charge in [-0.3, -0.25) is 0 Å². The summed E-state index contributed by atoms with van der Waals surface area (Å²) in [5.41, 5.74) is 10.6. The van der Waals surface area contributed by atoms with E-state index in [-0.39, 0.29) is 0 Å². The summed E-state index contributed by atoms with van der Waals surface area (Å²) in [6.45, 7) is 23.9. The van der Waals surface area contributed by atoms with E-state index in [0.29, 0.717) is 17.9 Å². The van der Waals surface area contributed by atoms with Crippen LogP contribution in [0.15, 0.2) is 90.7 Å². The Morgan fingerprint density at radius 1 is 0.971 bits per heavy atom. The Balaban J connectivity index is 2.07. The molecule has 0 fully saturated rings. The van der Waals surface area contributed by atoms with Crippen LogP contribution in [0.25, 0.3) is 0 Å². The fourth-order valence-electron chi connectivity index (χ4n) is 4.60. The van der Waals surface area contributed by atoms with Crippen LogP contribution in [0.4, 0.5) is 0 Å². The number of allylic oxidation sites excluding steroid dienone is 6. The van der Waals surface area contributed by atoms with Crippen molar-refractivity contribution in [3.63, 3.8) is 0 Å². The van der Waals surface area contributed by atoms with E-state index in [1.807, 2.05) is 12.2 Å². The van der Waals surface area contributed by atoms with Crippen LogP contribution in [-0.4, -0.2) is 0 Å². The molecule has 0 saturated carbocycles. The highest BCUT2D eigenvalue weighted by molar-refractivity contribution is 5.35. The second kappa shape index (κ2) is 13.9. The van der Waals surface area contributed by atoms with Gasteiger partial charge in [0.15, 0.2) is 0 Å². The quantitative estimate of drug-likeness (QED) is 0.288. The summed E-state index contributed by atoms with van der Waals surface area (Å²) in [5, 5.41) is 3.78. The van der Waals surface area contributed by atoms with E-state index in [4.69, 9.17) is 0 Å². The second-order valence-electron chi connectivity index (χ2n) is 10.8. The third kappa shape index (κ3) is 9.40. The molecule has 1 N–H and O–H groups in total. The molecule has 2 rings (SSSR count). The van der Waals surface area contributed by atoms with Crippen molar-refractivity contribution >= 4 is 0 Å². The van der Waals surface area contributed by atoms with Crippen LogP contribution < -0.4 is 5.32 Å². The second-order valence-corrected chi connectivity index (χ2v) is 10.8. The lowest BCUT2D eigenvalue weighted by molar-refractivity contribution is 0.463. The van der Waals surface area contributed by atoms with Gasteiger partial charge in [0, 0.05) is 12.1 Å². The first-order valence-electron chi connectivity index (χ1n) is 13.2. The number of nitrogens with one attached hydrogen (secondary N) is 1. The minimum Gasteiger partial charge on any atom is -0.382 e. The predicted octanol–water partition coefficient (Wildman–Crippen LogP) is 9.70. The van der Waals surface area contributed by atoms with Gasteiger partial charge in [0.05, 0.1) is 6.04 Å². The Morgan fingerprint density at radius 2 is 1.66 bits per heavy atom. The monoisotopic (exact) mass is 469 g/mol. The van der Waals surface area contributed by atoms with Crippen molar-refractivity contribution in [3.05, 3.63) is 119 Å².